The fourth-order valence-electron chi connectivity index (χ4n) is 4.20. The number of nitrogens with zero attached hydrogens (tertiary/aromatic N) is 3. The summed E-state index contributed by atoms with van der Waals surface area (Å²) in [4.78, 5) is 2.60. The van der Waals surface area contributed by atoms with Crippen LogP contribution in [0.4, 0.5) is 0 Å². The first-order chi connectivity index (χ1) is 11.3. The number of benzene rings is 1. The standard InChI is InChI=1S/C19H26N4/c1-3-10-22-11-9-17-16(12-22)19(21-20-17)15-13-23(4-2)18-8-6-5-7-14(15)18/h5-8,13,16,19,21H,3-4,9-12H2,1-2H3. The van der Waals surface area contributed by atoms with E-state index in [-0.39, 0.29) is 0 Å². The van der Waals surface area contributed by atoms with Gasteiger partial charge in [0, 0.05) is 60.3 Å². The summed E-state index contributed by atoms with van der Waals surface area (Å²) in [6.07, 6.45) is 4.67. The predicted octanol–water partition coefficient (Wildman–Crippen LogP) is 3.39. The Hall–Kier alpha value is -1.81. The number of aryl methyl sites for hydroxylation is 1. The van der Waals surface area contributed by atoms with Gasteiger partial charge in [0.05, 0.1) is 6.04 Å². The molecule has 4 heteroatoms. The monoisotopic (exact) mass is 310 g/mol. The first-order valence-electron chi connectivity index (χ1n) is 8.94. The molecule has 1 saturated heterocycles. The van der Waals surface area contributed by atoms with E-state index in [0.717, 1.165) is 26.1 Å². The molecule has 0 bridgehead atoms. The third kappa shape index (κ3) is 2.45. The van der Waals surface area contributed by atoms with Gasteiger partial charge in [0.25, 0.3) is 0 Å². The average Bonchev–Trinajstić information content (AvgIpc) is 3.15. The van der Waals surface area contributed by atoms with E-state index in [0.29, 0.717) is 12.0 Å². The van der Waals surface area contributed by atoms with Gasteiger partial charge in [-0.2, -0.15) is 5.10 Å². The molecule has 1 N–H and O–H groups in total. The van der Waals surface area contributed by atoms with E-state index >= 15 is 0 Å². The van der Waals surface area contributed by atoms with Gasteiger partial charge in [-0.05, 0) is 26.0 Å². The van der Waals surface area contributed by atoms with Crippen molar-refractivity contribution in [1.29, 1.82) is 0 Å². The number of nitrogens with one attached hydrogen (secondary N) is 1. The molecule has 2 aromatic rings. The lowest BCUT2D eigenvalue weighted by Gasteiger charge is -2.33. The smallest absolute Gasteiger partial charge is 0.0803 e. The summed E-state index contributed by atoms with van der Waals surface area (Å²) in [5, 5.41) is 6.05. The molecule has 23 heavy (non-hydrogen) atoms. The van der Waals surface area contributed by atoms with Crippen LogP contribution in [-0.4, -0.2) is 34.8 Å². The molecule has 0 spiro atoms. The Balaban J connectivity index is 1.68. The lowest BCUT2D eigenvalue weighted by atomic mass is 9.86. The van der Waals surface area contributed by atoms with Crippen LogP contribution in [0.1, 0.15) is 38.3 Å². The Morgan fingerprint density at radius 1 is 1.26 bits per heavy atom. The second kappa shape index (κ2) is 6.00. The lowest BCUT2D eigenvalue weighted by molar-refractivity contribution is 0.228. The van der Waals surface area contributed by atoms with Crippen molar-refractivity contribution in [3.05, 3.63) is 36.0 Å². The molecule has 1 aromatic heterocycles. The zero-order chi connectivity index (χ0) is 15.8. The second-order valence-electron chi connectivity index (χ2n) is 6.75. The van der Waals surface area contributed by atoms with Crippen LogP contribution in [0.2, 0.25) is 0 Å². The normalized spacial score (nSPS) is 24.5. The highest BCUT2D eigenvalue weighted by atomic mass is 15.4. The molecule has 122 valence electrons. The number of fused-ring (bicyclic) bond motifs is 2. The number of rotatable bonds is 4. The number of hydrogen-bond donors (Lipinski definition) is 1. The molecule has 1 fully saturated rings. The van der Waals surface area contributed by atoms with E-state index in [1.807, 2.05) is 0 Å². The molecule has 0 amide bonds. The molecule has 2 aliphatic heterocycles. The predicted molar refractivity (Wildman–Crippen MR) is 95.8 cm³/mol. The zero-order valence-corrected chi connectivity index (χ0v) is 14.1. The first-order valence-corrected chi connectivity index (χ1v) is 8.94. The molecule has 4 nitrogen and oxygen atoms in total. The maximum atomic E-state index is 4.68. The van der Waals surface area contributed by atoms with Crippen molar-refractivity contribution in [3.63, 3.8) is 0 Å². The Bertz CT molecular complexity index is 730. The molecule has 4 rings (SSSR count). The maximum Gasteiger partial charge on any atom is 0.0803 e. The second-order valence-corrected chi connectivity index (χ2v) is 6.75. The maximum absolute atomic E-state index is 4.68. The number of hydrogen-bond acceptors (Lipinski definition) is 3. The number of aromatic nitrogens is 1. The van der Waals surface area contributed by atoms with Gasteiger partial charge in [-0.15, -0.1) is 0 Å². The Kier molecular flexibility index (Phi) is 3.85. The van der Waals surface area contributed by atoms with Crippen molar-refractivity contribution in [3.8, 4) is 0 Å². The molecule has 2 atom stereocenters. The van der Waals surface area contributed by atoms with Gasteiger partial charge >= 0.3 is 0 Å². The van der Waals surface area contributed by atoms with Crippen molar-refractivity contribution in [2.24, 2.45) is 11.0 Å². The van der Waals surface area contributed by atoms with Crippen LogP contribution in [0.5, 0.6) is 0 Å². The molecular formula is C19H26N4. The number of likely N-dealkylation sites (tertiary alicyclic amines) is 1. The molecule has 3 heterocycles. The lowest BCUT2D eigenvalue weighted by Crippen LogP contribution is -2.42. The molecule has 0 radical (unpaired) electrons. The minimum absolute atomic E-state index is 0.322. The van der Waals surface area contributed by atoms with E-state index < -0.39 is 0 Å². The van der Waals surface area contributed by atoms with Crippen molar-refractivity contribution in [2.75, 3.05) is 19.6 Å². The summed E-state index contributed by atoms with van der Waals surface area (Å²) in [5.74, 6) is 0.520. The summed E-state index contributed by atoms with van der Waals surface area (Å²) >= 11 is 0. The molecule has 0 saturated carbocycles. The molecule has 2 unspecified atom stereocenters. The Labute approximate surface area is 138 Å². The molecule has 1 aromatic carbocycles. The topological polar surface area (TPSA) is 32.6 Å². The summed E-state index contributed by atoms with van der Waals surface area (Å²) in [6.45, 7) is 8.98. The van der Waals surface area contributed by atoms with Gasteiger partial charge in [-0.3, -0.25) is 0 Å². The quantitative estimate of drug-likeness (QED) is 0.939. The van der Waals surface area contributed by atoms with Crippen LogP contribution in [-0.2, 0) is 6.54 Å². The number of piperidine rings is 1. The van der Waals surface area contributed by atoms with Gasteiger partial charge in [0.1, 0.15) is 0 Å². The highest BCUT2D eigenvalue weighted by Crippen LogP contribution is 2.36. The van der Waals surface area contributed by atoms with Gasteiger partial charge in [-0.1, -0.05) is 25.1 Å². The summed E-state index contributed by atoms with van der Waals surface area (Å²) in [7, 11) is 0. The van der Waals surface area contributed by atoms with E-state index in [4.69, 9.17) is 0 Å². The highest BCUT2D eigenvalue weighted by Gasteiger charge is 2.37. The fraction of sp³-hybridized carbons (Fsp3) is 0.526. The van der Waals surface area contributed by atoms with Crippen LogP contribution >= 0.6 is 0 Å². The first kappa shape index (κ1) is 14.8. The van der Waals surface area contributed by atoms with Crippen LogP contribution in [0.25, 0.3) is 10.9 Å². The minimum Gasteiger partial charge on any atom is -0.347 e. The molecular weight excluding hydrogens is 284 g/mol. The van der Waals surface area contributed by atoms with Gasteiger partial charge < -0.3 is 14.9 Å². The summed E-state index contributed by atoms with van der Waals surface area (Å²) < 4.78 is 2.36. The SMILES string of the molecule is CCCN1CCC2=NNC(c3cn(CC)c4ccccc34)C2C1. The van der Waals surface area contributed by atoms with Crippen LogP contribution in [0, 0.1) is 5.92 Å². The van der Waals surface area contributed by atoms with E-state index in [1.165, 1.54) is 35.1 Å². The third-order valence-corrected chi connectivity index (χ3v) is 5.35. The Morgan fingerprint density at radius 3 is 2.96 bits per heavy atom. The van der Waals surface area contributed by atoms with Crippen LogP contribution < -0.4 is 5.43 Å². The fourth-order valence-corrected chi connectivity index (χ4v) is 4.20. The van der Waals surface area contributed by atoms with Crippen molar-refractivity contribution >= 4 is 16.6 Å². The minimum atomic E-state index is 0.322. The van der Waals surface area contributed by atoms with Gasteiger partial charge in [0.15, 0.2) is 0 Å². The van der Waals surface area contributed by atoms with Gasteiger partial charge in [-0.25, -0.2) is 0 Å². The Morgan fingerprint density at radius 2 is 2.13 bits per heavy atom. The van der Waals surface area contributed by atoms with Crippen LogP contribution in [0.3, 0.4) is 0 Å². The van der Waals surface area contributed by atoms with Crippen molar-refractivity contribution in [2.45, 2.75) is 39.3 Å². The number of hydrazone groups is 1. The summed E-state index contributed by atoms with van der Waals surface area (Å²) in [5.41, 5.74) is 7.57. The number of para-hydroxylation sites is 1. The summed E-state index contributed by atoms with van der Waals surface area (Å²) in [6, 6.07) is 9.08. The largest absolute Gasteiger partial charge is 0.347 e. The van der Waals surface area contributed by atoms with E-state index in [1.54, 1.807) is 0 Å². The third-order valence-electron chi connectivity index (χ3n) is 5.35. The molecule has 0 aliphatic carbocycles. The van der Waals surface area contributed by atoms with Crippen molar-refractivity contribution in [1.82, 2.24) is 14.9 Å². The van der Waals surface area contributed by atoms with E-state index in [9.17, 15) is 0 Å². The van der Waals surface area contributed by atoms with Crippen LogP contribution in [0.15, 0.2) is 35.6 Å². The van der Waals surface area contributed by atoms with Gasteiger partial charge in [0.2, 0.25) is 0 Å². The highest BCUT2D eigenvalue weighted by molar-refractivity contribution is 5.92. The average molecular weight is 310 g/mol. The van der Waals surface area contributed by atoms with E-state index in [2.05, 4.69) is 64.3 Å². The zero-order valence-electron chi connectivity index (χ0n) is 14.1. The molecule has 2 aliphatic rings. The van der Waals surface area contributed by atoms with Crippen molar-refractivity contribution < 1.29 is 0 Å².